The van der Waals surface area contributed by atoms with Gasteiger partial charge in [-0.1, -0.05) is 43.3 Å². The molecule has 1 heterocycles. The van der Waals surface area contributed by atoms with Crippen molar-refractivity contribution >= 4 is 44.1 Å². The van der Waals surface area contributed by atoms with E-state index >= 15 is 0 Å². The summed E-state index contributed by atoms with van der Waals surface area (Å²) in [4.78, 5) is 30.2. The van der Waals surface area contributed by atoms with Crippen molar-refractivity contribution in [1.29, 1.82) is 0 Å². The van der Waals surface area contributed by atoms with Crippen molar-refractivity contribution in [3.05, 3.63) is 90.5 Å². The normalized spacial score (nSPS) is 17.4. The van der Waals surface area contributed by atoms with Crippen LogP contribution in [0, 0.1) is 5.92 Å². The molecule has 0 fully saturated rings. The standard InChI is InChI=1S/C35H40N4O7S/c1-23-20-39(24(2)22-40)34(41)19-26-18-27(37-47(43,44)29-15-13-28(45-4)14-16-29)12-17-32(26)46-33(23)21-38(3)35(42)36-31-11-7-9-25-8-5-6-10-30(25)31/h5-18,23-24,33,37,40H,19-22H2,1-4H3,(H,36,42)/t23-,24-,33+/m1/s1. The first kappa shape index (κ1) is 33.6. The zero-order valence-electron chi connectivity index (χ0n) is 26.8. The fraction of sp³-hybridized carbons (Fsp3) is 0.314. The minimum atomic E-state index is -3.94. The van der Waals surface area contributed by atoms with Gasteiger partial charge in [0.1, 0.15) is 17.6 Å². The van der Waals surface area contributed by atoms with E-state index in [4.69, 9.17) is 9.47 Å². The number of amides is 3. The summed E-state index contributed by atoms with van der Waals surface area (Å²) in [6.07, 6.45) is -0.618. The number of aliphatic hydroxyl groups excluding tert-OH is 1. The summed E-state index contributed by atoms with van der Waals surface area (Å²) in [5.41, 5.74) is 1.42. The van der Waals surface area contributed by atoms with Crippen LogP contribution >= 0.6 is 0 Å². The first-order valence-electron chi connectivity index (χ1n) is 15.4. The van der Waals surface area contributed by atoms with E-state index in [-0.39, 0.29) is 54.6 Å². The van der Waals surface area contributed by atoms with Crippen molar-refractivity contribution in [1.82, 2.24) is 9.80 Å². The summed E-state index contributed by atoms with van der Waals surface area (Å²) < 4.78 is 40.5. The van der Waals surface area contributed by atoms with Gasteiger partial charge >= 0.3 is 6.03 Å². The number of ether oxygens (including phenoxy) is 2. The lowest BCUT2D eigenvalue weighted by molar-refractivity contribution is -0.134. The maximum absolute atomic E-state index is 13.6. The Hall–Kier alpha value is -4.81. The van der Waals surface area contributed by atoms with Crippen molar-refractivity contribution in [2.45, 2.75) is 37.3 Å². The number of sulfonamides is 1. The molecule has 0 bridgehead atoms. The molecule has 1 aliphatic rings. The summed E-state index contributed by atoms with van der Waals surface area (Å²) >= 11 is 0. The fourth-order valence-electron chi connectivity index (χ4n) is 5.58. The Bertz CT molecular complexity index is 1840. The molecule has 4 aromatic rings. The highest BCUT2D eigenvalue weighted by molar-refractivity contribution is 7.92. The number of urea groups is 1. The highest BCUT2D eigenvalue weighted by atomic mass is 32.2. The van der Waals surface area contributed by atoms with Crippen molar-refractivity contribution < 1.29 is 32.6 Å². The Morgan fingerprint density at radius 1 is 1.09 bits per heavy atom. The molecule has 4 aromatic carbocycles. The molecule has 0 unspecified atom stereocenters. The number of anilines is 2. The number of fused-ring (bicyclic) bond motifs is 2. The van der Waals surface area contributed by atoms with Crippen LogP contribution < -0.4 is 19.5 Å². The highest BCUT2D eigenvalue weighted by Gasteiger charge is 2.32. The summed E-state index contributed by atoms with van der Waals surface area (Å²) in [5.74, 6) is 0.462. The Morgan fingerprint density at radius 3 is 2.53 bits per heavy atom. The number of hydrogen-bond acceptors (Lipinski definition) is 7. The molecular weight excluding hydrogens is 620 g/mol. The number of hydrogen-bond donors (Lipinski definition) is 3. The lowest BCUT2D eigenvalue weighted by atomic mass is 10.0. The van der Waals surface area contributed by atoms with E-state index in [9.17, 15) is 23.1 Å². The van der Waals surface area contributed by atoms with Gasteiger partial charge in [0, 0.05) is 36.1 Å². The van der Waals surface area contributed by atoms with Crippen LogP contribution in [0.25, 0.3) is 10.8 Å². The summed E-state index contributed by atoms with van der Waals surface area (Å²) in [6, 6.07) is 23.5. The molecule has 1 aliphatic heterocycles. The second-order valence-electron chi connectivity index (χ2n) is 11.8. The van der Waals surface area contributed by atoms with Crippen molar-refractivity contribution in [3.63, 3.8) is 0 Å². The number of likely N-dealkylation sites (N-methyl/N-ethyl adjacent to an activating group) is 1. The Kier molecular flexibility index (Phi) is 10.2. The Labute approximate surface area is 275 Å². The Morgan fingerprint density at radius 2 is 1.81 bits per heavy atom. The van der Waals surface area contributed by atoms with Gasteiger partial charge in [0.05, 0.1) is 43.3 Å². The molecule has 3 amide bonds. The second kappa shape index (κ2) is 14.3. The van der Waals surface area contributed by atoms with E-state index < -0.39 is 22.2 Å². The van der Waals surface area contributed by atoms with Gasteiger partial charge in [-0.05, 0) is 60.8 Å². The SMILES string of the molecule is COc1ccc(S(=O)(=O)Nc2ccc3c(c2)CC(=O)N([C@H](C)CO)C[C@@H](C)[C@H](CN(C)C(=O)Nc2cccc4ccccc24)O3)cc1. The molecule has 47 heavy (non-hydrogen) atoms. The van der Waals surface area contributed by atoms with Crippen LogP contribution in [0.1, 0.15) is 19.4 Å². The molecule has 3 N–H and O–H groups in total. The van der Waals surface area contributed by atoms with Crippen LogP contribution in [0.3, 0.4) is 0 Å². The first-order valence-corrected chi connectivity index (χ1v) is 16.8. The van der Waals surface area contributed by atoms with E-state index in [1.807, 2.05) is 49.4 Å². The summed E-state index contributed by atoms with van der Waals surface area (Å²) in [6.45, 7) is 3.95. The van der Waals surface area contributed by atoms with Crippen LogP contribution in [-0.2, 0) is 21.2 Å². The molecule has 0 saturated carbocycles. The lowest BCUT2D eigenvalue weighted by Gasteiger charge is -2.34. The van der Waals surface area contributed by atoms with Crippen molar-refractivity contribution in [2.75, 3.05) is 43.9 Å². The number of nitrogens with one attached hydrogen (secondary N) is 2. The van der Waals surface area contributed by atoms with E-state index in [2.05, 4.69) is 10.0 Å². The van der Waals surface area contributed by atoms with Crippen LogP contribution in [0.5, 0.6) is 11.5 Å². The minimum Gasteiger partial charge on any atom is -0.497 e. The predicted molar refractivity (Wildman–Crippen MR) is 181 cm³/mol. The summed E-state index contributed by atoms with van der Waals surface area (Å²) in [5, 5.41) is 14.9. The molecule has 0 saturated heterocycles. The van der Waals surface area contributed by atoms with E-state index in [0.717, 1.165) is 10.8 Å². The van der Waals surface area contributed by atoms with Gasteiger partial charge in [-0.15, -0.1) is 0 Å². The average molecular weight is 661 g/mol. The summed E-state index contributed by atoms with van der Waals surface area (Å²) in [7, 11) is -0.761. The van der Waals surface area contributed by atoms with E-state index in [1.54, 1.807) is 54.1 Å². The molecule has 248 valence electrons. The van der Waals surface area contributed by atoms with Crippen LogP contribution in [0.4, 0.5) is 16.2 Å². The van der Waals surface area contributed by atoms with Crippen LogP contribution in [0.15, 0.2) is 89.8 Å². The molecule has 0 aromatic heterocycles. The van der Waals surface area contributed by atoms with Crippen molar-refractivity contribution in [3.8, 4) is 11.5 Å². The van der Waals surface area contributed by atoms with Crippen molar-refractivity contribution in [2.24, 2.45) is 5.92 Å². The molecule has 12 heteroatoms. The molecule has 0 spiro atoms. The number of nitrogens with zero attached hydrogens (tertiary/aromatic N) is 2. The van der Waals surface area contributed by atoms with E-state index in [1.165, 1.54) is 19.2 Å². The maximum Gasteiger partial charge on any atom is 0.321 e. The quantitative estimate of drug-likeness (QED) is 0.231. The Balaban J connectivity index is 1.40. The number of methoxy groups -OCH3 is 1. The van der Waals surface area contributed by atoms with E-state index in [0.29, 0.717) is 22.7 Å². The fourth-order valence-corrected chi connectivity index (χ4v) is 6.63. The molecule has 3 atom stereocenters. The highest BCUT2D eigenvalue weighted by Crippen LogP contribution is 2.31. The van der Waals surface area contributed by atoms with Gasteiger partial charge in [-0.2, -0.15) is 0 Å². The number of aliphatic hydroxyl groups is 1. The third kappa shape index (κ3) is 7.78. The number of carbonyl (C=O) groups excluding carboxylic acids is 2. The number of carbonyl (C=O) groups is 2. The van der Waals surface area contributed by atoms with Gasteiger partial charge < -0.3 is 29.7 Å². The molecule has 11 nitrogen and oxygen atoms in total. The van der Waals surface area contributed by atoms with Gasteiger partial charge in [0.15, 0.2) is 0 Å². The minimum absolute atomic E-state index is 0.0517. The van der Waals surface area contributed by atoms with Gasteiger partial charge in [0.2, 0.25) is 5.91 Å². The molecular formula is C35H40N4O7S. The third-order valence-corrected chi connectivity index (χ3v) is 9.77. The smallest absolute Gasteiger partial charge is 0.321 e. The molecule has 5 rings (SSSR count). The molecule has 0 aliphatic carbocycles. The third-order valence-electron chi connectivity index (χ3n) is 8.37. The van der Waals surface area contributed by atoms with Gasteiger partial charge in [-0.3, -0.25) is 9.52 Å². The zero-order valence-corrected chi connectivity index (χ0v) is 27.7. The lowest BCUT2D eigenvalue weighted by Crippen LogP contribution is -2.48. The predicted octanol–water partition coefficient (Wildman–Crippen LogP) is 4.96. The second-order valence-corrected chi connectivity index (χ2v) is 13.5. The maximum atomic E-state index is 13.6. The number of rotatable bonds is 9. The first-order chi connectivity index (χ1) is 22.5. The van der Waals surface area contributed by atoms with Crippen LogP contribution in [0.2, 0.25) is 0 Å². The molecule has 0 radical (unpaired) electrons. The zero-order chi connectivity index (χ0) is 33.7. The van der Waals surface area contributed by atoms with Crippen LogP contribution in [-0.4, -0.2) is 81.3 Å². The topological polar surface area (TPSA) is 138 Å². The number of benzene rings is 4. The van der Waals surface area contributed by atoms with Gasteiger partial charge in [0.25, 0.3) is 10.0 Å². The largest absolute Gasteiger partial charge is 0.497 e. The average Bonchev–Trinajstić information content (AvgIpc) is 3.11. The van der Waals surface area contributed by atoms with Gasteiger partial charge in [-0.25, -0.2) is 13.2 Å². The monoisotopic (exact) mass is 660 g/mol.